The van der Waals surface area contributed by atoms with Crippen molar-refractivity contribution in [2.45, 2.75) is 18.3 Å². The molecule has 0 saturated carbocycles. The molecule has 0 aliphatic rings. The zero-order chi connectivity index (χ0) is 12.9. The van der Waals surface area contributed by atoms with Crippen LogP contribution in [0, 0.1) is 0 Å². The predicted octanol–water partition coefficient (Wildman–Crippen LogP) is -3.08. The van der Waals surface area contributed by atoms with Crippen LogP contribution in [0.4, 0.5) is 0 Å². The van der Waals surface area contributed by atoms with E-state index in [4.69, 9.17) is 10.2 Å². The number of ketones is 1. The topological polar surface area (TPSA) is 150 Å². The zero-order valence-electron chi connectivity index (χ0n) is 7.85. The van der Waals surface area contributed by atoms with Gasteiger partial charge in [0.1, 0.15) is 18.8 Å². The normalized spacial score (nSPS) is 17.9. The molecule has 0 saturated heterocycles. The van der Waals surface area contributed by atoms with Crippen molar-refractivity contribution in [1.29, 1.82) is 0 Å². The Balaban J connectivity index is 4.23. The molecule has 96 valence electrons. The highest BCUT2D eigenvalue weighted by Gasteiger charge is 2.29. The highest BCUT2D eigenvalue weighted by molar-refractivity contribution is 14.1. The average Bonchev–Trinajstić information content (AvgIpc) is 2.21. The molecule has 0 aromatic heterocycles. The maximum atomic E-state index is 11.0. The Hall–Kier alpha value is 0.390. The van der Waals surface area contributed by atoms with Crippen LogP contribution in [-0.2, 0) is 13.9 Å². The molecule has 2 unspecified atom stereocenters. The summed E-state index contributed by atoms with van der Waals surface area (Å²) in [4.78, 5) is 31.0. The molecule has 0 fully saturated rings. The summed E-state index contributed by atoms with van der Waals surface area (Å²) in [7, 11) is -5.30. The van der Waals surface area contributed by atoms with E-state index in [0.29, 0.717) is 0 Å². The van der Waals surface area contributed by atoms with Crippen molar-refractivity contribution in [3.05, 3.63) is 0 Å². The van der Waals surface area contributed by atoms with Crippen molar-refractivity contribution in [1.82, 2.24) is 0 Å². The summed E-state index contributed by atoms with van der Waals surface area (Å²) in [6, 6.07) is 0. The predicted molar refractivity (Wildman–Crippen MR) is 55.5 cm³/mol. The van der Waals surface area contributed by atoms with E-state index in [1.807, 2.05) is 0 Å². The number of rotatable bonds is 7. The van der Waals surface area contributed by atoms with Gasteiger partial charge in [-0.3, -0.25) is 4.79 Å². The quantitative estimate of drug-likeness (QED) is 0.243. The summed E-state index contributed by atoms with van der Waals surface area (Å²) in [5.74, 6) is -1.21. The first-order valence-electron chi connectivity index (χ1n) is 3.98. The molecule has 0 aromatic rings. The standard InChI is InChI=1S/C6H12IO8P/c7-1-3(8)5(10)6(11)4(9)2-15-16(12,13)14/h3,5-6,8,10-11H,1-2H2,(H2,12,13,14)/p-2/t3-,5?,6?/m0/s1. The SMILES string of the molecule is O=C(COP(=O)([O-])[O-])C(O)C(O)[C@@H](O)CI. The highest BCUT2D eigenvalue weighted by atomic mass is 127. The third-order valence-corrected chi connectivity index (χ3v) is 2.92. The number of Topliss-reactive ketones (excluding diaryl/α,β-unsaturated/α-hetero) is 1. The van der Waals surface area contributed by atoms with E-state index in [1.165, 1.54) is 0 Å². The number of halogens is 1. The van der Waals surface area contributed by atoms with Crippen molar-refractivity contribution in [3.63, 3.8) is 0 Å². The van der Waals surface area contributed by atoms with Crippen LogP contribution in [0.2, 0.25) is 0 Å². The number of alkyl halides is 1. The Morgan fingerprint density at radius 3 is 2.25 bits per heavy atom. The summed E-state index contributed by atoms with van der Waals surface area (Å²) in [6.45, 7) is -1.17. The fourth-order valence-electron chi connectivity index (χ4n) is 0.720. The summed E-state index contributed by atoms with van der Waals surface area (Å²) in [6.07, 6.45) is -5.10. The van der Waals surface area contributed by atoms with Crippen molar-refractivity contribution in [2.75, 3.05) is 11.0 Å². The van der Waals surface area contributed by atoms with E-state index in [1.54, 1.807) is 22.6 Å². The minimum atomic E-state index is -5.30. The van der Waals surface area contributed by atoms with E-state index in [9.17, 15) is 24.3 Å². The van der Waals surface area contributed by atoms with E-state index in [0.717, 1.165) is 0 Å². The fourth-order valence-corrected chi connectivity index (χ4v) is 1.53. The van der Waals surface area contributed by atoms with E-state index in [2.05, 4.69) is 4.52 Å². The minimum absolute atomic E-state index is 0.0612. The van der Waals surface area contributed by atoms with Gasteiger partial charge in [0.2, 0.25) is 0 Å². The van der Waals surface area contributed by atoms with E-state index >= 15 is 0 Å². The third kappa shape index (κ3) is 6.21. The van der Waals surface area contributed by atoms with Gasteiger partial charge >= 0.3 is 0 Å². The Morgan fingerprint density at radius 2 is 1.88 bits per heavy atom. The second-order valence-corrected chi connectivity index (χ2v) is 4.88. The van der Waals surface area contributed by atoms with Gasteiger partial charge in [-0.1, -0.05) is 22.6 Å². The first-order valence-corrected chi connectivity index (χ1v) is 6.97. The fraction of sp³-hybridized carbons (Fsp3) is 0.833. The molecular weight excluding hydrogens is 358 g/mol. The van der Waals surface area contributed by atoms with Gasteiger partial charge in [0.25, 0.3) is 0 Å². The van der Waals surface area contributed by atoms with Crippen molar-refractivity contribution in [3.8, 4) is 0 Å². The van der Waals surface area contributed by atoms with Crippen LogP contribution in [0.3, 0.4) is 0 Å². The maximum absolute atomic E-state index is 11.0. The van der Waals surface area contributed by atoms with Gasteiger partial charge in [0, 0.05) is 4.43 Å². The van der Waals surface area contributed by atoms with Crippen LogP contribution >= 0.6 is 30.4 Å². The van der Waals surface area contributed by atoms with Gasteiger partial charge in [-0.15, -0.1) is 0 Å². The zero-order valence-corrected chi connectivity index (χ0v) is 10.9. The summed E-state index contributed by atoms with van der Waals surface area (Å²) < 4.78 is 13.7. The molecule has 8 nitrogen and oxygen atoms in total. The average molecular weight is 368 g/mol. The van der Waals surface area contributed by atoms with Gasteiger partial charge in [-0.05, 0) is 0 Å². The Labute approximate surface area is 105 Å². The van der Waals surface area contributed by atoms with Crippen molar-refractivity contribution < 1.29 is 39.0 Å². The second kappa shape index (κ2) is 6.97. The van der Waals surface area contributed by atoms with Crippen molar-refractivity contribution in [2.24, 2.45) is 0 Å². The van der Waals surface area contributed by atoms with Gasteiger partial charge in [-0.25, -0.2) is 0 Å². The Bertz CT molecular complexity index is 278. The van der Waals surface area contributed by atoms with Crippen LogP contribution in [-0.4, -0.2) is 50.4 Å². The summed E-state index contributed by atoms with van der Waals surface area (Å²) in [5.41, 5.74) is 0. The molecule has 0 amide bonds. The van der Waals surface area contributed by atoms with Gasteiger partial charge in [0.05, 0.1) is 13.9 Å². The maximum Gasteiger partial charge on any atom is 0.189 e. The molecule has 0 spiro atoms. The van der Waals surface area contributed by atoms with Gasteiger partial charge in [-0.2, -0.15) is 0 Å². The molecule has 16 heavy (non-hydrogen) atoms. The lowest BCUT2D eigenvalue weighted by molar-refractivity contribution is -0.341. The number of aliphatic hydroxyl groups excluding tert-OH is 3. The minimum Gasteiger partial charge on any atom is -0.790 e. The lowest BCUT2D eigenvalue weighted by Crippen LogP contribution is -2.44. The van der Waals surface area contributed by atoms with Crippen LogP contribution in [0.1, 0.15) is 0 Å². The molecular formula is C6H10IO8P-2. The molecule has 0 radical (unpaired) electrons. The molecule has 0 aliphatic heterocycles. The van der Waals surface area contributed by atoms with Gasteiger partial charge in [0.15, 0.2) is 5.78 Å². The number of phosphoric acid groups is 1. The molecule has 0 rings (SSSR count). The summed E-state index contributed by atoms with van der Waals surface area (Å²) in [5, 5.41) is 27.4. The van der Waals surface area contributed by atoms with E-state index in [-0.39, 0.29) is 4.43 Å². The van der Waals surface area contributed by atoms with Crippen molar-refractivity contribution >= 4 is 36.2 Å². The molecule has 3 atom stereocenters. The first kappa shape index (κ1) is 16.4. The molecule has 3 N–H and O–H groups in total. The lowest BCUT2D eigenvalue weighted by atomic mass is 10.1. The highest BCUT2D eigenvalue weighted by Crippen LogP contribution is 2.24. The monoisotopic (exact) mass is 368 g/mol. The number of phosphoric ester groups is 1. The molecule has 0 aliphatic carbocycles. The number of carbonyl (C=O) groups excluding carboxylic acids is 1. The van der Waals surface area contributed by atoms with Gasteiger partial charge < -0.3 is 34.2 Å². The van der Waals surface area contributed by atoms with Crippen LogP contribution in [0.5, 0.6) is 0 Å². The van der Waals surface area contributed by atoms with E-state index < -0.39 is 38.5 Å². The van der Waals surface area contributed by atoms with Crippen LogP contribution in [0.15, 0.2) is 0 Å². The Morgan fingerprint density at radius 1 is 1.38 bits per heavy atom. The lowest BCUT2D eigenvalue weighted by Gasteiger charge is -2.29. The number of carbonyl (C=O) groups is 1. The van der Waals surface area contributed by atoms with Crippen LogP contribution in [0.25, 0.3) is 0 Å². The third-order valence-electron chi connectivity index (χ3n) is 1.57. The first-order chi connectivity index (χ1) is 7.19. The van der Waals surface area contributed by atoms with Crippen LogP contribution < -0.4 is 9.79 Å². The molecule has 10 heteroatoms. The Kier molecular flexibility index (Phi) is 7.14. The number of aliphatic hydroxyl groups is 3. The number of hydrogen-bond acceptors (Lipinski definition) is 8. The smallest absolute Gasteiger partial charge is 0.189 e. The molecule has 0 bridgehead atoms. The molecule has 0 aromatic carbocycles. The second-order valence-electron chi connectivity index (χ2n) is 2.84. The number of hydrogen-bond donors (Lipinski definition) is 3. The largest absolute Gasteiger partial charge is 0.790 e. The molecule has 0 heterocycles. The summed E-state index contributed by atoms with van der Waals surface area (Å²) >= 11 is 1.71.